The van der Waals surface area contributed by atoms with E-state index in [1.165, 1.54) is 17.7 Å². The highest BCUT2D eigenvalue weighted by molar-refractivity contribution is 5.49. The number of benzene rings is 2. The zero-order chi connectivity index (χ0) is 17.1. The summed E-state index contributed by atoms with van der Waals surface area (Å²) in [4.78, 5) is 0. The minimum Gasteiger partial charge on any atom is -0.493 e. The van der Waals surface area contributed by atoms with Crippen molar-refractivity contribution in [3.8, 4) is 11.5 Å². The summed E-state index contributed by atoms with van der Waals surface area (Å²) < 4.78 is 37.6. The van der Waals surface area contributed by atoms with Crippen LogP contribution < -0.4 is 14.8 Å². The second-order valence-corrected chi connectivity index (χ2v) is 5.94. The van der Waals surface area contributed by atoms with E-state index in [0.717, 1.165) is 36.8 Å². The molecule has 0 amide bonds. The summed E-state index contributed by atoms with van der Waals surface area (Å²) in [5.41, 5.74) is 2.91. The highest BCUT2D eigenvalue weighted by atomic mass is 19.1. The van der Waals surface area contributed by atoms with Crippen LogP contribution in [0, 0.1) is 11.6 Å². The average molecular weight is 333 g/mol. The molecule has 0 fully saturated rings. The van der Waals surface area contributed by atoms with E-state index in [4.69, 9.17) is 9.47 Å². The lowest BCUT2D eigenvalue weighted by Crippen LogP contribution is -2.30. The lowest BCUT2D eigenvalue weighted by molar-refractivity contribution is 0.351. The van der Waals surface area contributed by atoms with Crippen molar-refractivity contribution >= 4 is 0 Å². The zero-order valence-electron chi connectivity index (χ0n) is 13.9. The number of hydrogen-bond donors (Lipinski definition) is 1. The first-order valence-corrected chi connectivity index (χ1v) is 8.04. The van der Waals surface area contributed by atoms with Crippen molar-refractivity contribution in [1.29, 1.82) is 0 Å². The number of hydrogen-bond acceptors (Lipinski definition) is 3. The van der Waals surface area contributed by atoms with Gasteiger partial charge >= 0.3 is 0 Å². The van der Waals surface area contributed by atoms with Gasteiger partial charge in [-0.3, -0.25) is 0 Å². The molecule has 1 atom stereocenters. The summed E-state index contributed by atoms with van der Waals surface area (Å²) in [7, 11) is 3.24. The van der Waals surface area contributed by atoms with E-state index in [-0.39, 0.29) is 6.04 Å². The number of ether oxygens (including phenoxy) is 2. The molecule has 1 aliphatic rings. The maximum Gasteiger partial charge on any atom is 0.161 e. The molecule has 0 aliphatic carbocycles. The topological polar surface area (TPSA) is 30.5 Å². The van der Waals surface area contributed by atoms with Crippen LogP contribution in [-0.4, -0.2) is 20.8 Å². The lowest BCUT2D eigenvalue weighted by atomic mass is 9.90. The number of fused-ring (bicyclic) bond motifs is 1. The quantitative estimate of drug-likeness (QED) is 0.903. The van der Waals surface area contributed by atoms with Crippen molar-refractivity contribution < 1.29 is 18.3 Å². The third kappa shape index (κ3) is 3.36. The summed E-state index contributed by atoms with van der Waals surface area (Å²) >= 11 is 0. The average Bonchev–Trinajstić information content (AvgIpc) is 2.59. The first-order chi connectivity index (χ1) is 11.6. The first kappa shape index (κ1) is 16.7. The van der Waals surface area contributed by atoms with Crippen LogP contribution in [0.3, 0.4) is 0 Å². The molecule has 3 rings (SSSR count). The molecular formula is C19H21F2NO2. The summed E-state index contributed by atoms with van der Waals surface area (Å²) in [6.45, 7) is 0.860. The molecule has 5 heteroatoms. The third-order valence-electron chi connectivity index (χ3n) is 4.52. The fourth-order valence-electron chi connectivity index (χ4n) is 3.25. The molecule has 1 N–H and O–H groups in total. The van der Waals surface area contributed by atoms with Crippen molar-refractivity contribution in [2.24, 2.45) is 0 Å². The van der Waals surface area contributed by atoms with Gasteiger partial charge in [-0.05, 0) is 60.7 Å². The molecule has 0 bridgehead atoms. The van der Waals surface area contributed by atoms with Crippen LogP contribution in [0.5, 0.6) is 11.5 Å². The molecule has 3 nitrogen and oxygen atoms in total. The molecule has 0 radical (unpaired) electrons. The van der Waals surface area contributed by atoms with Gasteiger partial charge in [-0.2, -0.15) is 0 Å². The Labute approximate surface area is 140 Å². The zero-order valence-corrected chi connectivity index (χ0v) is 13.9. The van der Waals surface area contributed by atoms with Gasteiger partial charge in [0.15, 0.2) is 11.5 Å². The van der Waals surface area contributed by atoms with Crippen LogP contribution in [0.25, 0.3) is 0 Å². The molecule has 0 aromatic heterocycles. The fourth-order valence-corrected chi connectivity index (χ4v) is 3.25. The highest BCUT2D eigenvalue weighted by Gasteiger charge is 2.22. The molecule has 1 aliphatic heterocycles. The van der Waals surface area contributed by atoms with Gasteiger partial charge in [-0.25, -0.2) is 8.78 Å². The predicted octanol–water partition coefficient (Wildman–Crippen LogP) is 3.80. The van der Waals surface area contributed by atoms with Gasteiger partial charge in [0.25, 0.3) is 0 Å². The summed E-state index contributed by atoms with van der Waals surface area (Å²) in [5.74, 6) is 0.381. The molecular weight excluding hydrogens is 312 g/mol. The summed E-state index contributed by atoms with van der Waals surface area (Å²) in [6.07, 6.45) is 2.18. The Balaban J connectivity index is 1.81. The van der Waals surface area contributed by atoms with Gasteiger partial charge in [0.1, 0.15) is 11.6 Å². The molecule has 1 unspecified atom stereocenters. The number of aryl methyl sites for hydroxylation is 1. The Bertz CT molecular complexity index is 734. The number of halogens is 2. The SMILES string of the molecule is COc1cc2c(cc1OC)C(CCc1ccc(F)cc1F)NCC2. The van der Waals surface area contributed by atoms with Crippen molar-refractivity contribution in [2.75, 3.05) is 20.8 Å². The van der Waals surface area contributed by atoms with E-state index in [0.29, 0.717) is 17.7 Å². The molecule has 2 aromatic carbocycles. The van der Waals surface area contributed by atoms with Crippen LogP contribution in [0.4, 0.5) is 8.78 Å². The maximum atomic E-state index is 13.8. The smallest absolute Gasteiger partial charge is 0.161 e. The summed E-state index contributed by atoms with van der Waals surface area (Å²) in [6, 6.07) is 7.87. The number of rotatable bonds is 5. The van der Waals surface area contributed by atoms with Crippen molar-refractivity contribution in [3.63, 3.8) is 0 Å². The Morgan fingerprint density at radius 3 is 2.54 bits per heavy atom. The van der Waals surface area contributed by atoms with Crippen LogP contribution in [0.2, 0.25) is 0 Å². The van der Waals surface area contributed by atoms with E-state index in [1.807, 2.05) is 12.1 Å². The Morgan fingerprint density at radius 1 is 1.08 bits per heavy atom. The van der Waals surface area contributed by atoms with Gasteiger partial charge in [-0.1, -0.05) is 6.07 Å². The van der Waals surface area contributed by atoms with Gasteiger partial charge < -0.3 is 14.8 Å². The van der Waals surface area contributed by atoms with Gasteiger partial charge in [-0.15, -0.1) is 0 Å². The van der Waals surface area contributed by atoms with E-state index in [1.54, 1.807) is 14.2 Å². The maximum absolute atomic E-state index is 13.8. The number of nitrogens with one attached hydrogen (secondary N) is 1. The third-order valence-corrected chi connectivity index (χ3v) is 4.52. The molecule has 1 heterocycles. The van der Waals surface area contributed by atoms with E-state index in [9.17, 15) is 8.78 Å². The highest BCUT2D eigenvalue weighted by Crippen LogP contribution is 2.36. The van der Waals surface area contributed by atoms with Crippen molar-refractivity contribution in [3.05, 3.63) is 58.7 Å². The predicted molar refractivity (Wildman–Crippen MR) is 88.7 cm³/mol. The molecule has 128 valence electrons. The monoisotopic (exact) mass is 333 g/mol. The fraction of sp³-hybridized carbons (Fsp3) is 0.368. The van der Waals surface area contributed by atoms with Crippen LogP contribution in [0.15, 0.2) is 30.3 Å². The minimum atomic E-state index is -0.547. The lowest BCUT2D eigenvalue weighted by Gasteiger charge is -2.28. The second kappa shape index (κ2) is 7.18. The van der Waals surface area contributed by atoms with Crippen LogP contribution in [-0.2, 0) is 12.8 Å². The normalized spacial score (nSPS) is 16.6. The standard InChI is InChI=1S/C19H21F2NO2/c1-23-18-9-13-7-8-22-17(15(13)11-19(18)24-2)6-4-12-3-5-14(20)10-16(12)21/h3,5,9-11,17,22H,4,6-8H2,1-2H3. The van der Waals surface area contributed by atoms with E-state index < -0.39 is 11.6 Å². The largest absolute Gasteiger partial charge is 0.493 e. The molecule has 24 heavy (non-hydrogen) atoms. The molecule has 0 spiro atoms. The van der Waals surface area contributed by atoms with Crippen LogP contribution in [0.1, 0.15) is 29.2 Å². The second-order valence-electron chi connectivity index (χ2n) is 5.94. The van der Waals surface area contributed by atoms with Crippen LogP contribution >= 0.6 is 0 Å². The minimum absolute atomic E-state index is 0.109. The van der Waals surface area contributed by atoms with E-state index in [2.05, 4.69) is 5.32 Å². The number of methoxy groups -OCH3 is 2. The van der Waals surface area contributed by atoms with Gasteiger partial charge in [0.05, 0.1) is 14.2 Å². The van der Waals surface area contributed by atoms with Gasteiger partial charge in [0, 0.05) is 12.1 Å². The Kier molecular flexibility index (Phi) is 5.00. The Morgan fingerprint density at radius 2 is 1.83 bits per heavy atom. The summed E-state index contributed by atoms with van der Waals surface area (Å²) in [5, 5.41) is 3.47. The first-order valence-electron chi connectivity index (χ1n) is 8.04. The molecule has 2 aromatic rings. The van der Waals surface area contributed by atoms with Crippen molar-refractivity contribution in [1.82, 2.24) is 5.32 Å². The van der Waals surface area contributed by atoms with E-state index >= 15 is 0 Å². The van der Waals surface area contributed by atoms with Crippen molar-refractivity contribution in [2.45, 2.75) is 25.3 Å². The molecule has 0 saturated heterocycles. The Hall–Kier alpha value is -2.14. The molecule has 0 saturated carbocycles. The van der Waals surface area contributed by atoms with Gasteiger partial charge in [0.2, 0.25) is 0 Å².